The number of nitrogens with one attached hydrogen (secondary N) is 1. The summed E-state index contributed by atoms with van der Waals surface area (Å²) in [6, 6.07) is 12.4. The predicted molar refractivity (Wildman–Crippen MR) is 82.6 cm³/mol. The molecule has 0 heterocycles. The summed E-state index contributed by atoms with van der Waals surface area (Å²) in [5.74, 6) is -0.211. The average Bonchev–Trinajstić information content (AvgIpc) is 2.42. The smallest absolute Gasteiger partial charge is 0.255 e. The fourth-order valence-electron chi connectivity index (χ4n) is 1.54. The SMILES string of the molecule is CSc1cccc(NC(=O)c2ccc(Cl)c(Cl)c2)c1. The minimum absolute atomic E-state index is 0.211. The summed E-state index contributed by atoms with van der Waals surface area (Å²) in [6.45, 7) is 0. The molecule has 98 valence electrons. The van der Waals surface area contributed by atoms with E-state index >= 15 is 0 Å². The molecule has 0 bridgehead atoms. The minimum atomic E-state index is -0.211. The van der Waals surface area contributed by atoms with Gasteiger partial charge in [-0.25, -0.2) is 0 Å². The van der Waals surface area contributed by atoms with E-state index in [-0.39, 0.29) is 5.91 Å². The van der Waals surface area contributed by atoms with Gasteiger partial charge in [0.1, 0.15) is 0 Å². The summed E-state index contributed by atoms with van der Waals surface area (Å²) < 4.78 is 0. The van der Waals surface area contributed by atoms with Crippen LogP contribution in [0.25, 0.3) is 0 Å². The number of rotatable bonds is 3. The number of carbonyl (C=O) groups excluding carboxylic acids is 1. The Hall–Kier alpha value is -1.16. The maximum absolute atomic E-state index is 12.1. The highest BCUT2D eigenvalue weighted by Crippen LogP contribution is 2.24. The van der Waals surface area contributed by atoms with E-state index < -0.39 is 0 Å². The summed E-state index contributed by atoms with van der Waals surface area (Å²) >= 11 is 13.3. The number of thioether (sulfide) groups is 1. The minimum Gasteiger partial charge on any atom is -0.322 e. The molecule has 0 aliphatic carbocycles. The third kappa shape index (κ3) is 3.66. The molecule has 0 saturated carbocycles. The topological polar surface area (TPSA) is 29.1 Å². The number of hydrogen-bond acceptors (Lipinski definition) is 2. The van der Waals surface area contributed by atoms with Crippen molar-refractivity contribution in [2.75, 3.05) is 11.6 Å². The molecule has 5 heteroatoms. The molecule has 0 radical (unpaired) electrons. The molecule has 2 nitrogen and oxygen atoms in total. The van der Waals surface area contributed by atoms with Crippen LogP contribution in [-0.2, 0) is 0 Å². The van der Waals surface area contributed by atoms with Gasteiger partial charge in [0.2, 0.25) is 0 Å². The molecule has 0 atom stereocenters. The van der Waals surface area contributed by atoms with Crippen LogP contribution in [0.2, 0.25) is 10.0 Å². The van der Waals surface area contributed by atoms with Gasteiger partial charge in [-0.05, 0) is 42.7 Å². The van der Waals surface area contributed by atoms with Gasteiger partial charge in [0.05, 0.1) is 10.0 Å². The summed E-state index contributed by atoms with van der Waals surface area (Å²) in [5.41, 5.74) is 1.23. The van der Waals surface area contributed by atoms with Crippen molar-refractivity contribution in [2.24, 2.45) is 0 Å². The van der Waals surface area contributed by atoms with Crippen LogP contribution in [0.3, 0.4) is 0 Å². The fourth-order valence-corrected chi connectivity index (χ4v) is 2.30. The first kappa shape index (κ1) is 14.3. The van der Waals surface area contributed by atoms with E-state index in [1.54, 1.807) is 30.0 Å². The van der Waals surface area contributed by atoms with Gasteiger partial charge in [-0.2, -0.15) is 0 Å². The second-order valence-electron chi connectivity index (χ2n) is 3.81. The monoisotopic (exact) mass is 311 g/mol. The molecule has 2 aromatic carbocycles. The molecule has 0 spiro atoms. The second kappa shape index (κ2) is 6.33. The Bertz CT molecular complexity index is 616. The van der Waals surface area contributed by atoms with Gasteiger partial charge in [0, 0.05) is 16.1 Å². The van der Waals surface area contributed by atoms with Crippen LogP contribution in [-0.4, -0.2) is 12.2 Å². The first-order valence-electron chi connectivity index (χ1n) is 5.50. The lowest BCUT2D eigenvalue weighted by Crippen LogP contribution is -2.11. The Morgan fingerprint density at radius 3 is 2.58 bits per heavy atom. The van der Waals surface area contributed by atoms with Crippen molar-refractivity contribution in [3.05, 3.63) is 58.1 Å². The van der Waals surface area contributed by atoms with Crippen molar-refractivity contribution < 1.29 is 4.79 Å². The van der Waals surface area contributed by atoms with Gasteiger partial charge in [0.15, 0.2) is 0 Å². The molecule has 19 heavy (non-hydrogen) atoms. The molecule has 0 fully saturated rings. The number of carbonyl (C=O) groups is 1. The van der Waals surface area contributed by atoms with E-state index in [0.29, 0.717) is 15.6 Å². The molecule has 0 saturated heterocycles. The maximum Gasteiger partial charge on any atom is 0.255 e. The molecule has 0 aromatic heterocycles. The number of anilines is 1. The van der Waals surface area contributed by atoms with Crippen LogP contribution in [0, 0.1) is 0 Å². The molecule has 1 amide bonds. The van der Waals surface area contributed by atoms with Crippen LogP contribution < -0.4 is 5.32 Å². The van der Waals surface area contributed by atoms with Crippen LogP contribution in [0.15, 0.2) is 47.4 Å². The molecular weight excluding hydrogens is 301 g/mol. The molecule has 2 aromatic rings. The van der Waals surface area contributed by atoms with Crippen LogP contribution in [0.1, 0.15) is 10.4 Å². The largest absolute Gasteiger partial charge is 0.322 e. The highest BCUT2D eigenvalue weighted by atomic mass is 35.5. The summed E-state index contributed by atoms with van der Waals surface area (Å²) in [6.07, 6.45) is 1.99. The van der Waals surface area contributed by atoms with E-state index in [1.807, 2.05) is 30.5 Å². The third-order valence-electron chi connectivity index (χ3n) is 2.51. The Morgan fingerprint density at radius 1 is 1.11 bits per heavy atom. The first-order valence-corrected chi connectivity index (χ1v) is 7.48. The quantitative estimate of drug-likeness (QED) is 0.811. The Labute approximate surface area is 126 Å². The lowest BCUT2D eigenvalue weighted by molar-refractivity contribution is 0.102. The van der Waals surface area contributed by atoms with Crippen molar-refractivity contribution >= 4 is 46.6 Å². The van der Waals surface area contributed by atoms with Crippen molar-refractivity contribution in [1.82, 2.24) is 0 Å². The normalized spacial score (nSPS) is 10.3. The fraction of sp³-hybridized carbons (Fsp3) is 0.0714. The van der Waals surface area contributed by atoms with Crippen LogP contribution >= 0.6 is 35.0 Å². The zero-order chi connectivity index (χ0) is 13.8. The van der Waals surface area contributed by atoms with Gasteiger partial charge in [-0.1, -0.05) is 29.3 Å². The second-order valence-corrected chi connectivity index (χ2v) is 5.51. The predicted octanol–water partition coefficient (Wildman–Crippen LogP) is 4.97. The van der Waals surface area contributed by atoms with Crippen LogP contribution in [0.5, 0.6) is 0 Å². The molecule has 0 aliphatic rings. The zero-order valence-electron chi connectivity index (χ0n) is 10.1. The highest BCUT2D eigenvalue weighted by Gasteiger charge is 2.08. The summed E-state index contributed by atoms with van der Waals surface area (Å²) in [4.78, 5) is 13.1. The molecule has 1 N–H and O–H groups in total. The molecule has 0 unspecified atom stereocenters. The van der Waals surface area contributed by atoms with Gasteiger partial charge in [-0.3, -0.25) is 4.79 Å². The van der Waals surface area contributed by atoms with Gasteiger partial charge in [0.25, 0.3) is 5.91 Å². The summed E-state index contributed by atoms with van der Waals surface area (Å²) in [7, 11) is 0. The average molecular weight is 312 g/mol. The van der Waals surface area contributed by atoms with Crippen molar-refractivity contribution in [1.29, 1.82) is 0 Å². The number of halogens is 2. The lowest BCUT2D eigenvalue weighted by Gasteiger charge is -2.07. The molecule has 0 aliphatic heterocycles. The van der Waals surface area contributed by atoms with Gasteiger partial charge < -0.3 is 5.32 Å². The first-order chi connectivity index (χ1) is 9.10. The summed E-state index contributed by atoms with van der Waals surface area (Å²) in [5, 5.41) is 3.63. The highest BCUT2D eigenvalue weighted by molar-refractivity contribution is 7.98. The van der Waals surface area contributed by atoms with Gasteiger partial charge >= 0.3 is 0 Å². The van der Waals surface area contributed by atoms with Gasteiger partial charge in [-0.15, -0.1) is 11.8 Å². The zero-order valence-corrected chi connectivity index (χ0v) is 12.4. The van der Waals surface area contributed by atoms with Crippen molar-refractivity contribution in [2.45, 2.75) is 4.90 Å². The maximum atomic E-state index is 12.1. The van der Waals surface area contributed by atoms with E-state index in [0.717, 1.165) is 10.6 Å². The van der Waals surface area contributed by atoms with E-state index in [9.17, 15) is 4.79 Å². The Morgan fingerprint density at radius 2 is 1.89 bits per heavy atom. The van der Waals surface area contributed by atoms with Crippen molar-refractivity contribution in [3.63, 3.8) is 0 Å². The Kier molecular flexibility index (Phi) is 4.75. The van der Waals surface area contributed by atoms with E-state index in [2.05, 4.69) is 5.32 Å². The Balaban J connectivity index is 2.18. The van der Waals surface area contributed by atoms with Crippen LogP contribution in [0.4, 0.5) is 5.69 Å². The standard InChI is InChI=1S/C14H11Cl2NOS/c1-19-11-4-2-3-10(8-11)17-14(18)9-5-6-12(15)13(16)7-9/h2-8H,1H3,(H,17,18). The lowest BCUT2D eigenvalue weighted by atomic mass is 10.2. The van der Waals surface area contributed by atoms with E-state index in [1.165, 1.54) is 0 Å². The third-order valence-corrected chi connectivity index (χ3v) is 3.97. The number of amides is 1. The molecule has 2 rings (SSSR count). The van der Waals surface area contributed by atoms with Crippen molar-refractivity contribution in [3.8, 4) is 0 Å². The molecular formula is C14H11Cl2NOS. The number of benzene rings is 2. The number of hydrogen-bond donors (Lipinski definition) is 1. The van der Waals surface area contributed by atoms with E-state index in [4.69, 9.17) is 23.2 Å².